The van der Waals surface area contributed by atoms with E-state index in [0.29, 0.717) is 5.76 Å². The lowest BCUT2D eigenvalue weighted by Crippen LogP contribution is -2.40. The summed E-state index contributed by atoms with van der Waals surface area (Å²) in [4.78, 5) is 36.6. The second-order valence-corrected chi connectivity index (χ2v) is 5.73. The van der Waals surface area contributed by atoms with Crippen molar-refractivity contribution >= 4 is 17.8 Å². The number of halogens is 3. The van der Waals surface area contributed by atoms with Gasteiger partial charge in [0.15, 0.2) is 6.61 Å². The summed E-state index contributed by atoms with van der Waals surface area (Å²) >= 11 is 0. The number of nitrogens with one attached hydrogen (secondary N) is 1. The lowest BCUT2D eigenvalue weighted by molar-refractivity contribution is -0.138. The summed E-state index contributed by atoms with van der Waals surface area (Å²) < 4.78 is 48.5. The van der Waals surface area contributed by atoms with E-state index in [2.05, 4.69) is 10.1 Å². The molecule has 0 aliphatic carbocycles. The van der Waals surface area contributed by atoms with Crippen molar-refractivity contribution in [2.24, 2.45) is 0 Å². The highest BCUT2D eigenvalue weighted by Crippen LogP contribution is 2.32. The Balaban J connectivity index is 1.84. The van der Waals surface area contributed by atoms with E-state index in [4.69, 9.17) is 4.42 Å². The van der Waals surface area contributed by atoms with Crippen molar-refractivity contribution < 1.29 is 36.7 Å². The number of hydrogen-bond donors (Lipinski definition) is 1. The molecule has 10 heteroatoms. The monoisotopic (exact) mass is 398 g/mol. The molecule has 0 aliphatic rings. The molecule has 0 aliphatic heterocycles. The van der Waals surface area contributed by atoms with Crippen molar-refractivity contribution in [1.82, 2.24) is 10.2 Å². The predicted molar refractivity (Wildman–Crippen MR) is 89.9 cm³/mol. The molecule has 0 bridgehead atoms. The molecule has 2 aromatic rings. The average Bonchev–Trinajstić information content (AvgIpc) is 3.17. The molecule has 7 nitrogen and oxygen atoms in total. The van der Waals surface area contributed by atoms with Crippen LogP contribution in [0.5, 0.6) is 0 Å². The predicted octanol–water partition coefficient (Wildman–Crippen LogP) is 2.23. The summed E-state index contributed by atoms with van der Waals surface area (Å²) in [7, 11) is 1.30. The number of ether oxygens (including phenoxy) is 1. The van der Waals surface area contributed by atoms with Crippen LogP contribution in [0.3, 0.4) is 0 Å². The fourth-order valence-corrected chi connectivity index (χ4v) is 2.18. The van der Waals surface area contributed by atoms with Gasteiger partial charge in [0.1, 0.15) is 5.76 Å². The van der Waals surface area contributed by atoms with E-state index >= 15 is 0 Å². The van der Waals surface area contributed by atoms with Crippen molar-refractivity contribution in [1.29, 1.82) is 0 Å². The van der Waals surface area contributed by atoms with Crippen LogP contribution in [0.25, 0.3) is 0 Å². The molecular weight excluding hydrogens is 381 g/mol. The van der Waals surface area contributed by atoms with Gasteiger partial charge in [0.05, 0.1) is 30.5 Å². The smallest absolute Gasteiger partial charge is 0.417 e. The molecule has 0 saturated carbocycles. The largest absolute Gasteiger partial charge is 0.467 e. The highest BCUT2D eigenvalue weighted by Gasteiger charge is 2.35. The molecular formula is C18H17F3N2O5. The van der Waals surface area contributed by atoms with Gasteiger partial charge in [0.25, 0.3) is 5.91 Å². The van der Waals surface area contributed by atoms with Crippen LogP contribution in [0.4, 0.5) is 13.2 Å². The number of furan rings is 1. The van der Waals surface area contributed by atoms with Crippen molar-refractivity contribution in [3.63, 3.8) is 0 Å². The van der Waals surface area contributed by atoms with E-state index in [9.17, 15) is 27.6 Å². The first kappa shape index (κ1) is 21.0. The zero-order chi connectivity index (χ0) is 20.7. The Morgan fingerprint density at radius 1 is 1.14 bits per heavy atom. The van der Waals surface area contributed by atoms with Crippen LogP contribution in [-0.2, 0) is 27.0 Å². The summed E-state index contributed by atoms with van der Waals surface area (Å²) in [5.41, 5.74) is -1.85. The Hall–Kier alpha value is -3.30. The number of amides is 2. The summed E-state index contributed by atoms with van der Waals surface area (Å²) in [6.45, 7) is -0.986. The Labute approximate surface area is 158 Å². The molecule has 1 aromatic heterocycles. The molecule has 0 unspecified atom stereocenters. The molecule has 0 atom stereocenters. The molecule has 2 rings (SSSR count). The van der Waals surface area contributed by atoms with E-state index in [1.165, 1.54) is 19.4 Å². The fourth-order valence-electron chi connectivity index (χ4n) is 2.18. The first-order valence-electron chi connectivity index (χ1n) is 8.05. The van der Waals surface area contributed by atoms with E-state index in [1.807, 2.05) is 0 Å². The van der Waals surface area contributed by atoms with Gasteiger partial charge >= 0.3 is 12.1 Å². The molecule has 1 aromatic carbocycles. The van der Waals surface area contributed by atoms with Crippen LogP contribution in [0.2, 0.25) is 0 Å². The second-order valence-electron chi connectivity index (χ2n) is 5.73. The van der Waals surface area contributed by atoms with Gasteiger partial charge in [-0.15, -0.1) is 0 Å². The molecule has 150 valence electrons. The van der Waals surface area contributed by atoms with E-state index in [-0.39, 0.29) is 13.1 Å². The Morgan fingerprint density at radius 3 is 2.50 bits per heavy atom. The van der Waals surface area contributed by atoms with Crippen LogP contribution in [0.1, 0.15) is 21.7 Å². The average molecular weight is 398 g/mol. The standard InChI is InChI=1S/C18H17F3N2O5/c1-23(10-15(24)22-9-12-5-4-8-27-12)16(25)11-28-17(26)13-6-2-3-7-14(13)18(19,20)21/h2-8H,9-11H2,1H3,(H,22,24). The molecule has 0 radical (unpaired) electrons. The van der Waals surface area contributed by atoms with Crippen molar-refractivity contribution in [2.45, 2.75) is 12.7 Å². The maximum Gasteiger partial charge on any atom is 0.417 e. The van der Waals surface area contributed by atoms with Crippen LogP contribution in [0.15, 0.2) is 47.1 Å². The Kier molecular flexibility index (Phi) is 6.80. The van der Waals surface area contributed by atoms with E-state index < -0.39 is 41.7 Å². The highest BCUT2D eigenvalue weighted by molar-refractivity contribution is 5.93. The maximum absolute atomic E-state index is 12.9. The third-order valence-corrected chi connectivity index (χ3v) is 3.63. The van der Waals surface area contributed by atoms with Gasteiger partial charge in [0.2, 0.25) is 5.91 Å². The number of rotatable bonds is 7. The number of carbonyl (C=O) groups is 3. The van der Waals surface area contributed by atoms with E-state index in [0.717, 1.165) is 23.1 Å². The number of likely N-dealkylation sites (N-methyl/N-ethyl adjacent to an activating group) is 1. The molecule has 0 fully saturated rings. The first-order valence-corrected chi connectivity index (χ1v) is 8.05. The van der Waals surface area contributed by atoms with Gasteiger partial charge in [0, 0.05) is 7.05 Å². The Morgan fingerprint density at radius 2 is 1.86 bits per heavy atom. The summed E-state index contributed by atoms with van der Waals surface area (Å²) in [6, 6.07) is 7.41. The number of hydrogen-bond acceptors (Lipinski definition) is 5. The third kappa shape index (κ3) is 5.86. The normalized spacial score (nSPS) is 11.0. The molecule has 2 amide bonds. The zero-order valence-electron chi connectivity index (χ0n) is 14.8. The van der Waals surface area contributed by atoms with Crippen LogP contribution in [-0.4, -0.2) is 42.9 Å². The molecule has 28 heavy (non-hydrogen) atoms. The minimum Gasteiger partial charge on any atom is -0.467 e. The van der Waals surface area contributed by atoms with Gasteiger partial charge in [-0.1, -0.05) is 12.1 Å². The zero-order valence-corrected chi connectivity index (χ0v) is 14.8. The van der Waals surface area contributed by atoms with Gasteiger partial charge < -0.3 is 19.4 Å². The van der Waals surface area contributed by atoms with Gasteiger partial charge in [-0.2, -0.15) is 13.2 Å². The van der Waals surface area contributed by atoms with E-state index in [1.54, 1.807) is 12.1 Å². The van der Waals surface area contributed by atoms with Crippen molar-refractivity contribution in [2.75, 3.05) is 20.2 Å². The third-order valence-electron chi connectivity index (χ3n) is 3.63. The Bertz CT molecular complexity index is 834. The van der Waals surface area contributed by atoms with Gasteiger partial charge in [-0.05, 0) is 24.3 Å². The summed E-state index contributed by atoms with van der Waals surface area (Å²) in [5, 5.41) is 2.53. The highest BCUT2D eigenvalue weighted by atomic mass is 19.4. The number of carbonyl (C=O) groups excluding carboxylic acids is 3. The van der Waals surface area contributed by atoms with Crippen LogP contribution in [0, 0.1) is 0 Å². The quantitative estimate of drug-likeness (QED) is 0.723. The molecule has 1 heterocycles. The topological polar surface area (TPSA) is 88.8 Å². The minimum atomic E-state index is -4.73. The number of nitrogens with zero attached hydrogens (tertiary/aromatic N) is 1. The van der Waals surface area contributed by atoms with Gasteiger partial charge in [-0.3, -0.25) is 9.59 Å². The molecule has 1 N–H and O–H groups in total. The SMILES string of the molecule is CN(CC(=O)NCc1ccco1)C(=O)COC(=O)c1ccccc1C(F)(F)F. The lowest BCUT2D eigenvalue weighted by atomic mass is 10.1. The fraction of sp³-hybridized carbons (Fsp3) is 0.278. The van der Waals surface area contributed by atoms with Crippen molar-refractivity contribution in [3.8, 4) is 0 Å². The lowest BCUT2D eigenvalue weighted by Gasteiger charge is -2.17. The maximum atomic E-state index is 12.9. The molecule has 0 spiro atoms. The summed E-state index contributed by atoms with van der Waals surface area (Å²) in [5.74, 6) is -1.98. The first-order chi connectivity index (χ1) is 13.2. The number of esters is 1. The number of benzene rings is 1. The summed E-state index contributed by atoms with van der Waals surface area (Å²) in [6.07, 6.45) is -3.29. The second kappa shape index (κ2) is 9.07. The van der Waals surface area contributed by atoms with Crippen molar-refractivity contribution in [3.05, 3.63) is 59.5 Å². The van der Waals surface area contributed by atoms with Crippen LogP contribution < -0.4 is 5.32 Å². The van der Waals surface area contributed by atoms with Gasteiger partial charge in [-0.25, -0.2) is 4.79 Å². The van der Waals surface area contributed by atoms with Crippen LogP contribution >= 0.6 is 0 Å². The molecule has 0 saturated heterocycles. The number of alkyl halides is 3. The minimum absolute atomic E-state index is 0.136.